The molecule has 0 aliphatic carbocycles. The molecule has 2 atom stereocenters. The van der Waals surface area contributed by atoms with E-state index in [4.69, 9.17) is 9.30 Å². The van der Waals surface area contributed by atoms with Crippen LogP contribution in [0, 0.1) is 32.6 Å². The van der Waals surface area contributed by atoms with Crippen LogP contribution in [0.2, 0.25) is 0 Å². The molecule has 0 fully saturated rings. The van der Waals surface area contributed by atoms with E-state index in [9.17, 15) is 9.59 Å². The van der Waals surface area contributed by atoms with Gasteiger partial charge in [-0.1, -0.05) is 101 Å². The van der Waals surface area contributed by atoms with Gasteiger partial charge in [-0.05, 0) is 50.7 Å². The molecule has 0 radical (unpaired) electrons. The fourth-order valence-corrected chi connectivity index (χ4v) is 4.39. The van der Waals surface area contributed by atoms with Crippen molar-refractivity contribution in [3.63, 3.8) is 0 Å². The van der Waals surface area contributed by atoms with Crippen molar-refractivity contribution in [3.8, 4) is 0 Å². The average Bonchev–Trinajstić information content (AvgIpc) is 2.76. The molecular weight excluding hydrogens is 431 g/mol. The Morgan fingerprint density at radius 3 is 1.73 bits per heavy atom. The van der Waals surface area contributed by atoms with E-state index in [-0.39, 0.29) is 17.7 Å². The van der Waals surface area contributed by atoms with Crippen molar-refractivity contribution in [1.29, 1.82) is 0 Å². The third-order valence-corrected chi connectivity index (χ3v) is 5.97. The first-order valence-electron chi connectivity index (χ1n) is 12.8. The molecule has 1 aromatic rings. The number of ether oxygens (including phenoxy) is 1. The molecule has 188 valence electrons. The summed E-state index contributed by atoms with van der Waals surface area (Å²) in [6.07, 6.45) is 13.0. The fraction of sp³-hybridized carbons (Fsp3) is 0.714. The first-order valence-corrected chi connectivity index (χ1v) is 13.3. The van der Waals surface area contributed by atoms with Crippen LogP contribution in [0.15, 0.2) is 12.1 Å². The number of benzene rings is 1. The van der Waals surface area contributed by atoms with E-state index in [2.05, 4.69) is 6.92 Å². The van der Waals surface area contributed by atoms with Crippen molar-refractivity contribution >= 4 is 20.9 Å². The maximum atomic E-state index is 13.3. The van der Waals surface area contributed by atoms with Crippen molar-refractivity contribution < 1.29 is 18.9 Å². The second kappa shape index (κ2) is 18.8. The van der Waals surface area contributed by atoms with E-state index >= 15 is 0 Å². The number of rotatable bonds is 16. The molecular formula is C28H48O4P+. The number of aryl methyl sites for hydroxylation is 3. The molecule has 0 heterocycles. The molecule has 5 heteroatoms. The molecule has 0 aliphatic rings. The first-order chi connectivity index (χ1) is 15.8. The zero-order valence-electron chi connectivity index (χ0n) is 22.0. The van der Waals surface area contributed by atoms with Gasteiger partial charge in [0.1, 0.15) is 5.92 Å². The summed E-state index contributed by atoms with van der Waals surface area (Å²) in [6.45, 7) is 12.7. The fourth-order valence-electron chi connectivity index (χ4n) is 4.39. The lowest BCUT2D eigenvalue weighted by atomic mass is 9.85. The minimum atomic E-state index is -0.705. The Kier molecular flexibility index (Phi) is 18.0. The number of ketones is 1. The van der Waals surface area contributed by atoms with Crippen LogP contribution >= 0.6 is 9.12 Å². The Morgan fingerprint density at radius 2 is 1.27 bits per heavy atom. The molecule has 0 saturated carbocycles. The molecule has 0 aliphatic heterocycles. The molecule has 0 spiro atoms. The van der Waals surface area contributed by atoms with Crippen LogP contribution in [0.5, 0.6) is 0 Å². The summed E-state index contributed by atoms with van der Waals surface area (Å²) >= 11 is 0. The Labute approximate surface area is 204 Å². The van der Waals surface area contributed by atoms with Gasteiger partial charge in [0.05, 0.1) is 6.61 Å². The maximum Gasteiger partial charge on any atom is 0.316 e. The van der Waals surface area contributed by atoms with Crippen molar-refractivity contribution in [1.82, 2.24) is 0 Å². The highest BCUT2D eigenvalue weighted by Crippen LogP contribution is 2.25. The van der Waals surface area contributed by atoms with Gasteiger partial charge in [0.25, 0.3) is 0 Å². The molecule has 4 nitrogen and oxygen atoms in total. The van der Waals surface area contributed by atoms with Gasteiger partial charge in [-0.15, -0.1) is 0 Å². The van der Waals surface area contributed by atoms with Gasteiger partial charge < -0.3 is 4.74 Å². The summed E-state index contributed by atoms with van der Waals surface area (Å²) in [5.74, 6) is -0.890. The molecule has 33 heavy (non-hydrogen) atoms. The van der Waals surface area contributed by atoms with Crippen LogP contribution in [-0.2, 0) is 14.1 Å². The predicted molar refractivity (Wildman–Crippen MR) is 141 cm³/mol. The summed E-state index contributed by atoms with van der Waals surface area (Å²) in [4.78, 5) is 26.1. The average molecular weight is 480 g/mol. The highest BCUT2D eigenvalue weighted by Gasteiger charge is 2.31. The van der Waals surface area contributed by atoms with E-state index < -0.39 is 5.92 Å². The van der Waals surface area contributed by atoms with Crippen LogP contribution in [0.1, 0.15) is 118 Å². The molecule has 1 aromatic carbocycles. The van der Waals surface area contributed by atoms with Crippen LogP contribution in [0.3, 0.4) is 0 Å². The number of carbonyl (C=O) groups is 2. The monoisotopic (exact) mass is 479 g/mol. The SMILES string of the molecule is CCCCCCCCCCCCOC(=O)C(CC(C)C)C(=O)c1c(C)cc(C)cc1C.O=[PH2+]. The second-order valence-electron chi connectivity index (χ2n) is 9.67. The van der Waals surface area contributed by atoms with E-state index in [1.54, 1.807) is 0 Å². The van der Waals surface area contributed by atoms with Crippen molar-refractivity contribution in [2.75, 3.05) is 6.61 Å². The standard InChI is InChI=1S/C28H46O3.H2OP/c1-7-8-9-10-11-12-13-14-15-16-17-31-28(30)25(18-21(2)3)27(29)26-23(5)19-22(4)20-24(26)6;1-2/h19-21,25H,7-18H2,1-6H3;2H2/q;+1. The highest BCUT2D eigenvalue weighted by atomic mass is 31.0. The summed E-state index contributed by atoms with van der Waals surface area (Å²) in [6, 6.07) is 4.03. The van der Waals surface area contributed by atoms with Gasteiger partial charge in [0, 0.05) is 5.56 Å². The van der Waals surface area contributed by atoms with E-state index in [0.717, 1.165) is 29.5 Å². The molecule has 0 aromatic heterocycles. The van der Waals surface area contributed by atoms with E-state index in [1.807, 2.05) is 46.8 Å². The third kappa shape index (κ3) is 13.1. The predicted octanol–water partition coefficient (Wildman–Crippen LogP) is 8.13. The Bertz CT molecular complexity index is 676. The van der Waals surface area contributed by atoms with Crippen molar-refractivity contribution in [2.24, 2.45) is 11.8 Å². The van der Waals surface area contributed by atoms with E-state index in [1.165, 1.54) is 60.5 Å². The van der Waals surface area contributed by atoms with Gasteiger partial charge >= 0.3 is 15.1 Å². The normalized spacial score (nSPS) is 11.6. The third-order valence-electron chi connectivity index (χ3n) is 5.97. The number of carbonyl (C=O) groups excluding carboxylic acids is 2. The summed E-state index contributed by atoms with van der Waals surface area (Å²) < 4.78 is 13.7. The number of Topliss-reactive ketones (excluding diaryl/α,β-unsaturated/α-hetero) is 1. The van der Waals surface area contributed by atoms with Crippen LogP contribution in [0.4, 0.5) is 0 Å². The summed E-state index contributed by atoms with van der Waals surface area (Å²) in [5, 5.41) is 0. The molecule has 0 saturated heterocycles. The van der Waals surface area contributed by atoms with Crippen molar-refractivity contribution in [2.45, 2.75) is 112 Å². The molecule has 2 unspecified atom stereocenters. The minimum Gasteiger partial charge on any atom is -0.465 e. The largest absolute Gasteiger partial charge is 0.465 e. The summed E-state index contributed by atoms with van der Waals surface area (Å²) in [7, 11) is 1.17. The Morgan fingerprint density at radius 1 is 0.818 bits per heavy atom. The lowest BCUT2D eigenvalue weighted by molar-refractivity contribution is -0.147. The van der Waals surface area contributed by atoms with Gasteiger partial charge in [-0.3, -0.25) is 9.59 Å². The van der Waals surface area contributed by atoms with E-state index in [0.29, 0.717) is 18.6 Å². The van der Waals surface area contributed by atoms with Gasteiger partial charge in [-0.25, -0.2) is 0 Å². The summed E-state index contributed by atoms with van der Waals surface area (Å²) in [5.41, 5.74) is 3.71. The number of hydrogen-bond donors (Lipinski definition) is 0. The lowest BCUT2D eigenvalue weighted by Gasteiger charge is -2.19. The van der Waals surface area contributed by atoms with Crippen molar-refractivity contribution in [3.05, 3.63) is 34.4 Å². The number of unbranched alkanes of at least 4 members (excludes halogenated alkanes) is 9. The molecule has 1 rings (SSSR count). The quantitative estimate of drug-likeness (QED) is 0.0789. The zero-order valence-corrected chi connectivity index (χ0v) is 23.2. The lowest BCUT2D eigenvalue weighted by Crippen LogP contribution is -2.29. The smallest absolute Gasteiger partial charge is 0.316 e. The van der Waals surface area contributed by atoms with Crippen LogP contribution < -0.4 is 0 Å². The Hall–Kier alpha value is -1.54. The highest BCUT2D eigenvalue weighted by molar-refractivity contribution is 7.00. The molecule has 0 bridgehead atoms. The molecule has 0 N–H and O–H groups in total. The van der Waals surface area contributed by atoms with Gasteiger partial charge in [0.15, 0.2) is 5.78 Å². The topological polar surface area (TPSA) is 60.4 Å². The maximum absolute atomic E-state index is 13.3. The zero-order chi connectivity index (χ0) is 25.2. The van der Waals surface area contributed by atoms with Gasteiger partial charge in [0.2, 0.25) is 0 Å². The number of hydrogen-bond acceptors (Lipinski definition) is 4. The second-order valence-corrected chi connectivity index (χ2v) is 9.67. The minimum absolute atomic E-state index is 0.0863. The van der Waals surface area contributed by atoms with Gasteiger partial charge in [-0.2, -0.15) is 0 Å². The van der Waals surface area contributed by atoms with Crippen LogP contribution in [0.25, 0.3) is 0 Å². The first kappa shape index (κ1) is 31.5. The van der Waals surface area contributed by atoms with Crippen LogP contribution in [-0.4, -0.2) is 18.4 Å². The Balaban J connectivity index is 0.00000497. The molecule has 0 amide bonds. The number of esters is 1.